The summed E-state index contributed by atoms with van der Waals surface area (Å²) in [7, 11) is 0. The van der Waals surface area contributed by atoms with Crippen LogP contribution < -0.4 is 9.80 Å². The molecule has 0 bridgehead atoms. The third-order valence-electron chi connectivity index (χ3n) is 13.7. The maximum absolute atomic E-state index is 2.47. The molecule has 324 valence electrons. The SMILES string of the molecule is c1ccc(-c2ccc(N(c3ccccc3)c3cc(-c4ccc5c(c4)c4c(n5-c5ccccc5)-c5cccc6cccc-4c56)cc(N(c4ccccc4)c4ccc(-c5ccccc5)cc4)c3)cc2)cc1. The van der Waals surface area contributed by atoms with Crippen LogP contribution in [0.2, 0.25) is 0 Å². The molecule has 0 saturated heterocycles. The summed E-state index contributed by atoms with van der Waals surface area (Å²) >= 11 is 0. The molecule has 0 unspecified atom stereocenters. The molecule has 1 aliphatic rings. The molecule has 11 aromatic carbocycles. The Balaban J connectivity index is 1.05. The Hall–Kier alpha value is -9.18. The van der Waals surface area contributed by atoms with Gasteiger partial charge in [0.1, 0.15) is 0 Å². The van der Waals surface area contributed by atoms with E-state index in [4.69, 9.17) is 0 Å². The summed E-state index contributed by atoms with van der Waals surface area (Å²) < 4.78 is 2.47. The Kier molecular flexibility index (Phi) is 9.84. The molecule has 3 heteroatoms. The van der Waals surface area contributed by atoms with Crippen LogP contribution in [0.15, 0.2) is 273 Å². The van der Waals surface area contributed by atoms with Crippen LogP contribution in [0.25, 0.3) is 83.1 Å². The van der Waals surface area contributed by atoms with Gasteiger partial charge in [0.05, 0.1) is 11.2 Å². The second-order valence-electron chi connectivity index (χ2n) is 17.7. The molecule has 13 rings (SSSR count). The summed E-state index contributed by atoms with van der Waals surface area (Å²) in [4.78, 5) is 4.78. The minimum absolute atomic E-state index is 1.05. The van der Waals surface area contributed by atoms with E-state index in [1.165, 1.54) is 66.3 Å². The predicted octanol–water partition coefficient (Wildman–Crippen LogP) is 18.4. The minimum atomic E-state index is 1.05. The quantitative estimate of drug-likeness (QED) is 0.136. The molecule has 1 aromatic heterocycles. The summed E-state index contributed by atoms with van der Waals surface area (Å²) in [6.45, 7) is 0. The van der Waals surface area contributed by atoms with Crippen LogP contribution in [0, 0.1) is 0 Å². The average molecular weight is 880 g/mol. The van der Waals surface area contributed by atoms with Crippen molar-refractivity contribution in [1.29, 1.82) is 0 Å². The van der Waals surface area contributed by atoms with Crippen molar-refractivity contribution in [2.45, 2.75) is 0 Å². The number of rotatable bonds is 10. The van der Waals surface area contributed by atoms with Gasteiger partial charge < -0.3 is 14.4 Å². The Morgan fingerprint density at radius 2 is 0.710 bits per heavy atom. The molecule has 0 atom stereocenters. The van der Waals surface area contributed by atoms with Crippen LogP contribution in [0.5, 0.6) is 0 Å². The second-order valence-corrected chi connectivity index (χ2v) is 17.7. The molecular weight excluding hydrogens is 835 g/mol. The smallest absolute Gasteiger partial charge is 0.0626 e. The number of nitrogens with zero attached hydrogens (tertiary/aromatic N) is 3. The first-order chi connectivity index (χ1) is 34.2. The highest BCUT2D eigenvalue weighted by Crippen LogP contribution is 2.53. The molecular formula is C66H45N3. The third kappa shape index (κ3) is 7.08. The Morgan fingerprint density at radius 1 is 0.275 bits per heavy atom. The molecule has 12 aromatic rings. The van der Waals surface area contributed by atoms with Crippen molar-refractivity contribution in [2.24, 2.45) is 0 Å². The van der Waals surface area contributed by atoms with Crippen molar-refractivity contribution in [2.75, 3.05) is 9.80 Å². The number of benzene rings is 11. The third-order valence-corrected chi connectivity index (χ3v) is 13.7. The molecule has 0 N–H and O–H groups in total. The lowest BCUT2D eigenvalue weighted by Crippen LogP contribution is -2.13. The van der Waals surface area contributed by atoms with E-state index < -0.39 is 0 Å². The highest BCUT2D eigenvalue weighted by atomic mass is 15.2. The van der Waals surface area contributed by atoms with E-state index in [1.807, 2.05) is 0 Å². The van der Waals surface area contributed by atoms with Gasteiger partial charge in [-0.15, -0.1) is 0 Å². The van der Waals surface area contributed by atoms with Gasteiger partial charge in [-0.05, 0) is 141 Å². The summed E-state index contributed by atoms with van der Waals surface area (Å²) in [5.74, 6) is 0. The van der Waals surface area contributed by atoms with Crippen molar-refractivity contribution < 1.29 is 0 Å². The fraction of sp³-hybridized carbons (Fsp3) is 0. The average Bonchev–Trinajstić information content (AvgIpc) is 3.94. The fourth-order valence-corrected chi connectivity index (χ4v) is 10.5. The van der Waals surface area contributed by atoms with E-state index >= 15 is 0 Å². The molecule has 3 nitrogen and oxygen atoms in total. The predicted molar refractivity (Wildman–Crippen MR) is 291 cm³/mol. The van der Waals surface area contributed by atoms with Gasteiger partial charge in [0.2, 0.25) is 0 Å². The van der Waals surface area contributed by atoms with Crippen molar-refractivity contribution in [3.8, 4) is 61.5 Å². The molecule has 0 radical (unpaired) electrons. The van der Waals surface area contributed by atoms with Crippen molar-refractivity contribution in [3.05, 3.63) is 273 Å². The first-order valence-corrected chi connectivity index (χ1v) is 23.7. The van der Waals surface area contributed by atoms with Crippen LogP contribution in [-0.4, -0.2) is 4.57 Å². The zero-order chi connectivity index (χ0) is 45.7. The van der Waals surface area contributed by atoms with Gasteiger partial charge >= 0.3 is 0 Å². The molecule has 0 aliphatic heterocycles. The first kappa shape index (κ1) is 40.1. The van der Waals surface area contributed by atoms with Gasteiger partial charge in [0.15, 0.2) is 0 Å². The second kappa shape index (κ2) is 16.9. The number of anilines is 6. The van der Waals surface area contributed by atoms with Crippen molar-refractivity contribution in [1.82, 2.24) is 4.57 Å². The van der Waals surface area contributed by atoms with E-state index in [1.54, 1.807) is 0 Å². The van der Waals surface area contributed by atoms with Gasteiger partial charge in [0, 0.05) is 56.3 Å². The number of fused-ring (bicyclic) bond motifs is 5. The van der Waals surface area contributed by atoms with E-state index in [0.29, 0.717) is 0 Å². The summed E-state index contributed by atoms with van der Waals surface area (Å²) in [5.41, 5.74) is 20.8. The zero-order valence-corrected chi connectivity index (χ0v) is 37.8. The minimum Gasteiger partial charge on any atom is -0.310 e. The maximum Gasteiger partial charge on any atom is 0.0626 e. The molecule has 0 saturated carbocycles. The number of hydrogen-bond donors (Lipinski definition) is 0. The summed E-state index contributed by atoms with van der Waals surface area (Å²) in [5, 5.41) is 3.81. The number of hydrogen-bond acceptors (Lipinski definition) is 2. The largest absolute Gasteiger partial charge is 0.310 e. The monoisotopic (exact) mass is 879 g/mol. The molecule has 0 spiro atoms. The van der Waals surface area contributed by atoms with Crippen molar-refractivity contribution >= 4 is 55.8 Å². The van der Waals surface area contributed by atoms with E-state index in [9.17, 15) is 0 Å². The topological polar surface area (TPSA) is 11.4 Å². The summed E-state index contributed by atoms with van der Waals surface area (Å²) in [6.07, 6.45) is 0. The van der Waals surface area contributed by atoms with Gasteiger partial charge in [-0.1, -0.05) is 182 Å². The van der Waals surface area contributed by atoms with Crippen LogP contribution in [0.1, 0.15) is 0 Å². The molecule has 1 heterocycles. The Labute approximate surface area is 402 Å². The van der Waals surface area contributed by atoms with E-state index in [2.05, 4.69) is 287 Å². The maximum atomic E-state index is 2.47. The molecule has 0 fully saturated rings. The molecule has 69 heavy (non-hydrogen) atoms. The van der Waals surface area contributed by atoms with Crippen LogP contribution in [0.3, 0.4) is 0 Å². The Bertz CT molecular complexity index is 3640. The molecule has 0 amide bonds. The Morgan fingerprint density at radius 3 is 1.23 bits per heavy atom. The highest BCUT2D eigenvalue weighted by Gasteiger charge is 2.30. The number of para-hydroxylation sites is 3. The fourth-order valence-electron chi connectivity index (χ4n) is 10.5. The zero-order valence-electron chi connectivity index (χ0n) is 37.8. The van der Waals surface area contributed by atoms with Crippen LogP contribution in [0.4, 0.5) is 34.1 Å². The number of aromatic nitrogens is 1. The van der Waals surface area contributed by atoms with Gasteiger partial charge in [0.25, 0.3) is 0 Å². The van der Waals surface area contributed by atoms with Crippen LogP contribution in [-0.2, 0) is 0 Å². The lowest BCUT2D eigenvalue weighted by Gasteiger charge is -2.30. The van der Waals surface area contributed by atoms with Gasteiger partial charge in [-0.25, -0.2) is 0 Å². The first-order valence-electron chi connectivity index (χ1n) is 23.7. The lowest BCUT2D eigenvalue weighted by atomic mass is 9.97. The highest BCUT2D eigenvalue weighted by molar-refractivity contribution is 6.22. The van der Waals surface area contributed by atoms with Gasteiger partial charge in [-0.2, -0.15) is 0 Å². The normalized spacial score (nSPS) is 11.5. The van der Waals surface area contributed by atoms with E-state index in [-0.39, 0.29) is 0 Å². The standard InChI is InChI=1S/C66H45N3/c1-6-18-46(19-7-1)48-32-37-56(38-33-48)67(53-24-10-3-11-25-53)58-42-52(43-59(45-58)68(54-26-12-4-13-27-54)57-39-34-49(35-40-57)47-20-8-2-9-21-47)51-36-41-63-62(44-51)65-60-30-16-22-50-23-17-31-61(64(50)60)66(65)69(63)55-28-14-5-15-29-55/h1-45H. The van der Waals surface area contributed by atoms with E-state index in [0.717, 1.165) is 50.9 Å². The summed E-state index contributed by atoms with van der Waals surface area (Å²) in [6, 6.07) is 99.1. The lowest BCUT2D eigenvalue weighted by molar-refractivity contribution is 1.14. The molecule has 1 aliphatic carbocycles. The van der Waals surface area contributed by atoms with Crippen LogP contribution >= 0.6 is 0 Å². The van der Waals surface area contributed by atoms with Gasteiger partial charge in [-0.3, -0.25) is 0 Å². The van der Waals surface area contributed by atoms with Crippen molar-refractivity contribution in [3.63, 3.8) is 0 Å².